The largest absolute Gasteiger partial charge is 0.493 e. The molecular weight excluding hydrogens is 403 g/mol. The fourth-order valence-electron chi connectivity index (χ4n) is 1.77. The number of benzene rings is 2. The highest BCUT2D eigenvalue weighted by Gasteiger charge is 2.14. The Hall–Kier alpha value is -1.20. The van der Waals surface area contributed by atoms with E-state index in [0.717, 1.165) is 16.2 Å². The number of hydrogen-bond donors (Lipinski definition) is 0. The molecule has 0 saturated heterocycles. The lowest BCUT2D eigenvalue weighted by Gasteiger charge is -2.07. The number of ether oxygens (including phenoxy) is 1. The second-order valence-electron chi connectivity index (χ2n) is 4.37. The van der Waals surface area contributed by atoms with Gasteiger partial charge in [0, 0.05) is 21.4 Å². The summed E-state index contributed by atoms with van der Waals surface area (Å²) in [5, 5.41) is 0.829. The summed E-state index contributed by atoms with van der Waals surface area (Å²) in [6.07, 6.45) is 0.835. The van der Waals surface area contributed by atoms with Gasteiger partial charge in [0.2, 0.25) is 0 Å². The number of ketones is 1. The van der Waals surface area contributed by atoms with Crippen LogP contribution in [0.25, 0.3) is 0 Å². The number of carbonyl (C=O) groups excluding carboxylic acids is 1. The Morgan fingerprint density at radius 3 is 2.48 bits per heavy atom. The first kappa shape index (κ1) is 16.2. The normalized spacial score (nSPS) is 10.4. The minimum absolute atomic E-state index is 0.0464. The molecule has 0 aliphatic carbocycles. The molecule has 0 atom stereocenters. The maximum absolute atomic E-state index is 14.1. The zero-order chi connectivity index (χ0) is 15.2. The van der Waals surface area contributed by atoms with Gasteiger partial charge in [-0.15, -0.1) is 0 Å². The summed E-state index contributed by atoms with van der Waals surface area (Å²) in [6.45, 7) is 0.505. The highest BCUT2D eigenvalue weighted by Crippen LogP contribution is 2.20. The summed E-state index contributed by atoms with van der Waals surface area (Å²) in [4.78, 5) is 12.2. The van der Waals surface area contributed by atoms with Crippen molar-refractivity contribution in [1.82, 2.24) is 0 Å². The molecule has 2 aromatic carbocycles. The second-order valence-corrected chi connectivity index (χ2v) is 6.08. The van der Waals surface area contributed by atoms with E-state index in [9.17, 15) is 9.18 Å². The standard InChI is InChI=1S/C16H13Br2FO2/c17-8-1-9-21-13-6-7-14(15(19)10-13)16(20)11-2-4-12(18)5-3-11/h2-7,10H,1,8-9H2. The first-order valence-electron chi connectivity index (χ1n) is 6.40. The maximum atomic E-state index is 14.1. The summed E-state index contributed by atoms with van der Waals surface area (Å²) < 4.78 is 20.3. The number of alkyl halides is 1. The SMILES string of the molecule is O=C(c1ccc(Br)cc1)c1ccc(OCCCBr)cc1F. The molecule has 0 saturated carbocycles. The molecule has 0 amide bonds. The summed E-state index contributed by atoms with van der Waals surface area (Å²) in [6, 6.07) is 11.2. The Kier molecular flexibility index (Phi) is 5.94. The Bertz CT molecular complexity index is 627. The first-order valence-corrected chi connectivity index (χ1v) is 8.32. The molecule has 0 aromatic heterocycles. The quantitative estimate of drug-likeness (QED) is 0.377. The van der Waals surface area contributed by atoms with Crippen molar-refractivity contribution in [3.8, 4) is 5.75 Å². The Morgan fingerprint density at radius 1 is 1.14 bits per heavy atom. The van der Waals surface area contributed by atoms with Crippen LogP contribution in [-0.2, 0) is 0 Å². The topological polar surface area (TPSA) is 26.3 Å². The molecule has 0 aliphatic rings. The molecular formula is C16H13Br2FO2. The second kappa shape index (κ2) is 7.71. The van der Waals surface area contributed by atoms with Gasteiger partial charge in [-0.3, -0.25) is 4.79 Å². The third kappa shape index (κ3) is 4.38. The van der Waals surface area contributed by atoms with Gasteiger partial charge in [-0.05, 0) is 42.8 Å². The third-order valence-electron chi connectivity index (χ3n) is 2.84. The van der Waals surface area contributed by atoms with Crippen LogP contribution in [0, 0.1) is 5.82 Å². The first-order chi connectivity index (χ1) is 10.1. The fraction of sp³-hybridized carbons (Fsp3) is 0.188. The molecule has 0 fully saturated rings. The smallest absolute Gasteiger partial charge is 0.195 e. The van der Waals surface area contributed by atoms with Crippen LogP contribution in [0.4, 0.5) is 4.39 Å². The Morgan fingerprint density at radius 2 is 1.86 bits per heavy atom. The lowest BCUT2D eigenvalue weighted by atomic mass is 10.0. The lowest BCUT2D eigenvalue weighted by molar-refractivity contribution is 0.103. The van der Waals surface area contributed by atoms with Crippen LogP contribution in [0.1, 0.15) is 22.3 Å². The van der Waals surface area contributed by atoms with Crippen LogP contribution in [0.2, 0.25) is 0 Å². The van der Waals surface area contributed by atoms with Crippen LogP contribution < -0.4 is 4.74 Å². The highest BCUT2D eigenvalue weighted by molar-refractivity contribution is 9.10. The van der Waals surface area contributed by atoms with E-state index in [1.807, 2.05) is 0 Å². The Balaban J connectivity index is 2.16. The van der Waals surface area contributed by atoms with Gasteiger partial charge in [-0.2, -0.15) is 0 Å². The summed E-state index contributed by atoms with van der Waals surface area (Å²) >= 11 is 6.60. The van der Waals surface area contributed by atoms with E-state index >= 15 is 0 Å². The van der Waals surface area contributed by atoms with E-state index in [-0.39, 0.29) is 11.3 Å². The Labute approximate surface area is 139 Å². The van der Waals surface area contributed by atoms with Crippen molar-refractivity contribution in [1.29, 1.82) is 0 Å². The van der Waals surface area contributed by atoms with Crippen molar-refractivity contribution < 1.29 is 13.9 Å². The molecule has 0 radical (unpaired) electrons. The van der Waals surface area contributed by atoms with E-state index < -0.39 is 5.82 Å². The predicted molar refractivity (Wildman–Crippen MR) is 87.9 cm³/mol. The summed E-state index contributed by atoms with van der Waals surface area (Å²) in [5.74, 6) is -0.480. The van der Waals surface area contributed by atoms with Gasteiger partial charge in [-0.25, -0.2) is 4.39 Å². The number of hydrogen-bond acceptors (Lipinski definition) is 2. The van der Waals surface area contributed by atoms with E-state index in [4.69, 9.17) is 4.74 Å². The summed E-state index contributed by atoms with van der Waals surface area (Å²) in [5.41, 5.74) is 0.496. The monoisotopic (exact) mass is 414 g/mol. The van der Waals surface area contributed by atoms with Gasteiger partial charge >= 0.3 is 0 Å². The number of halogens is 3. The van der Waals surface area contributed by atoms with Gasteiger partial charge in [0.25, 0.3) is 0 Å². The van der Waals surface area contributed by atoms with Crippen molar-refractivity contribution in [3.63, 3.8) is 0 Å². The van der Waals surface area contributed by atoms with Gasteiger partial charge < -0.3 is 4.74 Å². The number of rotatable bonds is 6. The van der Waals surface area contributed by atoms with Crippen LogP contribution in [0.3, 0.4) is 0 Å². The number of carbonyl (C=O) groups is 1. The average molecular weight is 416 g/mol. The van der Waals surface area contributed by atoms with Crippen LogP contribution in [0.5, 0.6) is 5.75 Å². The zero-order valence-corrected chi connectivity index (χ0v) is 14.3. The predicted octanol–water partition coefficient (Wildman–Crippen LogP) is 4.98. The van der Waals surface area contributed by atoms with E-state index in [0.29, 0.717) is 17.9 Å². The van der Waals surface area contributed by atoms with Crippen molar-refractivity contribution >= 4 is 37.6 Å². The third-order valence-corrected chi connectivity index (χ3v) is 3.93. The molecule has 0 N–H and O–H groups in total. The van der Waals surface area contributed by atoms with E-state index in [1.165, 1.54) is 12.1 Å². The van der Waals surface area contributed by atoms with E-state index in [2.05, 4.69) is 31.9 Å². The van der Waals surface area contributed by atoms with Gasteiger partial charge in [0.15, 0.2) is 5.78 Å². The van der Waals surface area contributed by atoms with Crippen molar-refractivity contribution in [2.75, 3.05) is 11.9 Å². The van der Waals surface area contributed by atoms with Crippen molar-refractivity contribution in [2.45, 2.75) is 6.42 Å². The van der Waals surface area contributed by atoms with Gasteiger partial charge in [0.1, 0.15) is 11.6 Å². The molecule has 0 bridgehead atoms. The van der Waals surface area contributed by atoms with Crippen LogP contribution in [0.15, 0.2) is 46.9 Å². The van der Waals surface area contributed by atoms with Gasteiger partial charge in [-0.1, -0.05) is 31.9 Å². The minimum atomic E-state index is -0.570. The molecule has 0 aliphatic heterocycles. The van der Waals surface area contributed by atoms with Crippen molar-refractivity contribution in [3.05, 3.63) is 63.9 Å². The molecule has 0 heterocycles. The molecule has 0 spiro atoms. The highest BCUT2D eigenvalue weighted by atomic mass is 79.9. The van der Waals surface area contributed by atoms with Crippen molar-refractivity contribution in [2.24, 2.45) is 0 Å². The minimum Gasteiger partial charge on any atom is -0.493 e. The van der Waals surface area contributed by atoms with Crippen LogP contribution >= 0.6 is 31.9 Å². The van der Waals surface area contributed by atoms with E-state index in [1.54, 1.807) is 30.3 Å². The fourth-order valence-corrected chi connectivity index (χ4v) is 2.26. The molecule has 110 valence electrons. The lowest BCUT2D eigenvalue weighted by Crippen LogP contribution is -2.05. The molecule has 2 nitrogen and oxygen atoms in total. The molecule has 21 heavy (non-hydrogen) atoms. The van der Waals surface area contributed by atoms with Gasteiger partial charge in [0.05, 0.1) is 12.2 Å². The molecule has 2 rings (SSSR count). The maximum Gasteiger partial charge on any atom is 0.195 e. The van der Waals surface area contributed by atoms with Crippen LogP contribution in [-0.4, -0.2) is 17.7 Å². The summed E-state index contributed by atoms with van der Waals surface area (Å²) in [7, 11) is 0. The molecule has 2 aromatic rings. The molecule has 5 heteroatoms. The zero-order valence-electron chi connectivity index (χ0n) is 11.1. The molecule has 0 unspecified atom stereocenters. The average Bonchev–Trinajstić information content (AvgIpc) is 2.48.